The fourth-order valence-electron chi connectivity index (χ4n) is 1.39. The molecule has 2 rings (SSSR count). The third-order valence-corrected chi connectivity index (χ3v) is 2.27. The van der Waals surface area contributed by atoms with E-state index in [9.17, 15) is 0 Å². The Morgan fingerprint density at radius 3 is 2.85 bits per heavy atom. The van der Waals surface area contributed by atoms with E-state index >= 15 is 0 Å². The Balaban J connectivity index is 2.56. The Morgan fingerprint density at radius 2 is 2.08 bits per heavy atom. The number of aliphatic imine (C=N–C) groups is 1. The van der Waals surface area contributed by atoms with Gasteiger partial charge < -0.3 is 16.4 Å². The van der Waals surface area contributed by atoms with Crippen molar-refractivity contribution in [3.63, 3.8) is 0 Å². The molecule has 0 aromatic heterocycles. The van der Waals surface area contributed by atoms with Crippen LogP contribution >= 0.6 is 0 Å². The Morgan fingerprint density at radius 1 is 1.38 bits per heavy atom. The van der Waals surface area contributed by atoms with Crippen LogP contribution in [0.1, 0.15) is 11.7 Å². The topological polar surface area (TPSA) is 67.6 Å². The van der Waals surface area contributed by atoms with Crippen LogP contribution < -0.4 is 11.5 Å². The van der Waals surface area contributed by atoms with Gasteiger partial charge in [0.25, 0.3) is 0 Å². The molecule has 1 heterocycles. The van der Waals surface area contributed by atoms with Crippen LogP contribution in [0.4, 0.5) is 5.69 Å². The highest BCUT2D eigenvalue weighted by Crippen LogP contribution is 2.29. The van der Waals surface area contributed by atoms with Gasteiger partial charge in [0.05, 0.1) is 5.69 Å². The first-order valence-corrected chi connectivity index (χ1v) is 4.11. The minimum absolute atomic E-state index is 0.186. The van der Waals surface area contributed by atoms with Gasteiger partial charge in [-0.25, -0.2) is 4.99 Å². The number of guanidine groups is 1. The van der Waals surface area contributed by atoms with Crippen molar-refractivity contribution in [2.75, 3.05) is 7.05 Å². The molecule has 0 aliphatic carbocycles. The third-order valence-electron chi connectivity index (χ3n) is 2.27. The van der Waals surface area contributed by atoms with Crippen molar-refractivity contribution in [1.82, 2.24) is 4.90 Å². The molecule has 0 radical (unpaired) electrons. The van der Waals surface area contributed by atoms with Crippen molar-refractivity contribution in [1.29, 1.82) is 0 Å². The van der Waals surface area contributed by atoms with Crippen LogP contribution in [0.2, 0.25) is 0 Å². The van der Waals surface area contributed by atoms with Crippen LogP contribution in [0.15, 0.2) is 29.3 Å². The number of nitrogens with two attached hydrogens (primary N) is 2. The van der Waals surface area contributed by atoms with Gasteiger partial charge in [0, 0.05) is 12.6 Å². The monoisotopic (exact) mass is 176 g/mol. The first kappa shape index (κ1) is 8.07. The standard InChI is InChI=1S/C9H12N4/c1-13-8(10)6-4-2-3-5-7(6)12-9(13)11/h2-5,8H,10H2,1H3,(H2,11,12). The van der Waals surface area contributed by atoms with Crippen LogP contribution in [0, 0.1) is 0 Å². The fraction of sp³-hybridized carbons (Fsp3) is 0.222. The Kier molecular flexibility index (Phi) is 1.70. The summed E-state index contributed by atoms with van der Waals surface area (Å²) in [5, 5.41) is 0. The number of benzene rings is 1. The van der Waals surface area contributed by atoms with Crippen LogP contribution in [0.5, 0.6) is 0 Å². The lowest BCUT2D eigenvalue weighted by Crippen LogP contribution is -2.42. The van der Waals surface area contributed by atoms with E-state index in [1.807, 2.05) is 31.3 Å². The first-order valence-electron chi connectivity index (χ1n) is 4.11. The third kappa shape index (κ3) is 1.15. The SMILES string of the molecule is CN1C(N)=Nc2ccccc2C1N. The first-order chi connectivity index (χ1) is 6.20. The molecular weight excluding hydrogens is 164 g/mol. The number of para-hydroxylation sites is 1. The van der Waals surface area contributed by atoms with Gasteiger partial charge in [-0.2, -0.15) is 0 Å². The van der Waals surface area contributed by atoms with Crippen molar-refractivity contribution in [2.24, 2.45) is 16.5 Å². The largest absolute Gasteiger partial charge is 0.369 e. The molecule has 0 bridgehead atoms. The van der Waals surface area contributed by atoms with Gasteiger partial charge in [0.2, 0.25) is 0 Å². The lowest BCUT2D eigenvalue weighted by atomic mass is 10.1. The molecule has 13 heavy (non-hydrogen) atoms. The van der Waals surface area contributed by atoms with Gasteiger partial charge in [-0.3, -0.25) is 0 Å². The van der Waals surface area contributed by atoms with Gasteiger partial charge in [0.15, 0.2) is 5.96 Å². The summed E-state index contributed by atoms with van der Waals surface area (Å²) in [4.78, 5) is 5.97. The summed E-state index contributed by atoms with van der Waals surface area (Å²) in [6.45, 7) is 0. The predicted octanol–water partition coefficient (Wildman–Crippen LogP) is 0.535. The Labute approximate surface area is 76.9 Å². The summed E-state index contributed by atoms with van der Waals surface area (Å²) < 4.78 is 0. The highest BCUT2D eigenvalue weighted by atomic mass is 15.3. The van der Waals surface area contributed by atoms with E-state index in [1.54, 1.807) is 4.90 Å². The van der Waals surface area contributed by atoms with Crippen LogP contribution in [0.25, 0.3) is 0 Å². The van der Waals surface area contributed by atoms with E-state index in [0.29, 0.717) is 5.96 Å². The van der Waals surface area contributed by atoms with E-state index in [-0.39, 0.29) is 6.17 Å². The molecular formula is C9H12N4. The quantitative estimate of drug-likeness (QED) is 0.606. The number of nitrogens with zero attached hydrogens (tertiary/aromatic N) is 2. The summed E-state index contributed by atoms with van der Waals surface area (Å²) in [6.07, 6.45) is -0.186. The zero-order valence-electron chi connectivity index (χ0n) is 7.44. The van der Waals surface area contributed by atoms with Crippen LogP contribution in [-0.2, 0) is 0 Å². The van der Waals surface area contributed by atoms with Gasteiger partial charge in [-0.05, 0) is 6.07 Å². The maximum atomic E-state index is 5.95. The molecule has 1 aromatic carbocycles. The summed E-state index contributed by atoms with van der Waals surface area (Å²) in [5.74, 6) is 0.464. The normalized spacial score (nSPS) is 20.9. The van der Waals surface area contributed by atoms with Crippen molar-refractivity contribution in [3.05, 3.63) is 29.8 Å². The van der Waals surface area contributed by atoms with Crippen molar-refractivity contribution < 1.29 is 0 Å². The molecule has 0 saturated heterocycles. The molecule has 0 spiro atoms. The summed E-state index contributed by atoms with van der Waals surface area (Å²) in [7, 11) is 1.83. The van der Waals surface area contributed by atoms with Crippen molar-refractivity contribution in [2.45, 2.75) is 6.17 Å². The summed E-state index contributed by atoms with van der Waals surface area (Å²) >= 11 is 0. The van der Waals surface area contributed by atoms with Gasteiger partial charge >= 0.3 is 0 Å². The molecule has 4 heteroatoms. The average molecular weight is 176 g/mol. The van der Waals surface area contributed by atoms with Gasteiger partial charge in [0.1, 0.15) is 6.17 Å². The lowest BCUT2D eigenvalue weighted by molar-refractivity contribution is 0.375. The molecule has 1 aromatic rings. The predicted molar refractivity (Wildman–Crippen MR) is 52.4 cm³/mol. The zero-order valence-corrected chi connectivity index (χ0v) is 7.44. The fourth-order valence-corrected chi connectivity index (χ4v) is 1.39. The van der Waals surface area contributed by atoms with Crippen molar-refractivity contribution in [3.8, 4) is 0 Å². The molecule has 0 saturated carbocycles. The number of hydrogen-bond donors (Lipinski definition) is 2. The average Bonchev–Trinajstić information content (AvgIpc) is 2.15. The van der Waals surface area contributed by atoms with Gasteiger partial charge in [-0.1, -0.05) is 18.2 Å². The second-order valence-corrected chi connectivity index (χ2v) is 3.08. The van der Waals surface area contributed by atoms with E-state index in [1.165, 1.54) is 0 Å². The Hall–Kier alpha value is -1.55. The molecule has 0 fully saturated rings. The molecule has 4 N–H and O–H groups in total. The smallest absolute Gasteiger partial charge is 0.197 e. The summed E-state index contributed by atoms with van der Waals surface area (Å²) in [6, 6.07) is 7.75. The highest BCUT2D eigenvalue weighted by Gasteiger charge is 2.21. The number of hydrogen-bond acceptors (Lipinski definition) is 4. The molecule has 0 amide bonds. The second kappa shape index (κ2) is 2.74. The molecule has 68 valence electrons. The van der Waals surface area contributed by atoms with E-state index in [0.717, 1.165) is 11.3 Å². The Bertz CT molecular complexity index is 358. The molecule has 1 aliphatic rings. The minimum Gasteiger partial charge on any atom is -0.369 e. The van der Waals surface area contributed by atoms with E-state index in [4.69, 9.17) is 11.5 Å². The molecule has 1 atom stereocenters. The van der Waals surface area contributed by atoms with Crippen LogP contribution in [0.3, 0.4) is 0 Å². The van der Waals surface area contributed by atoms with Crippen LogP contribution in [-0.4, -0.2) is 17.9 Å². The minimum atomic E-state index is -0.186. The van der Waals surface area contributed by atoms with E-state index in [2.05, 4.69) is 4.99 Å². The molecule has 4 nitrogen and oxygen atoms in total. The number of fused-ring (bicyclic) bond motifs is 1. The highest BCUT2D eigenvalue weighted by molar-refractivity contribution is 5.83. The summed E-state index contributed by atoms with van der Waals surface area (Å²) in [5.41, 5.74) is 13.5. The number of rotatable bonds is 0. The zero-order chi connectivity index (χ0) is 9.42. The maximum absolute atomic E-state index is 5.95. The lowest BCUT2D eigenvalue weighted by Gasteiger charge is -2.30. The maximum Gasteiger partial charge on any atom is 0.197 e. The van der Waals surface area contributed by atoms with Crippen molar-refractivity contribution >= 4 is 11.6 Å². The van der Waals surface area contributed by atoms with E-state index < -0.39 is 0 Å². The van der Waals surface area contributed by atoms with Gasteiger partial charge in [-0.15, -0.1) is 0 Å². The molecule has 1 unspecified atom stereocenters. The molecule has 1 aliphatic heterocycles. The second-order valence-electron chi connectivity index (χ2n) is 3.08.